The van der Waals surface area contributed by atoms with E-state index in [1.54, 1.807) is 42.9 Å². The number of aliphatic hydroxyl groups is 9. The molecule has 0 saturated carbocycles. The molecule has 1 aliphatic carbocycles. The molecule has 0 spiro atoms. The van der Waals surface area contributed by atoms with Gasteiger partial charge in [0.05, 0.1) is 41.8 Å². The summed E-state index contributed by atoms with van der Waals surface area (Å²) in [6.07, 6.45) is 15.6. The second kappa shape index (κ2) is 53.1. The first-order chi connectivity index (χ1) is 69.3. The third kappa shape index (κ3) is 33.8. The Hall–Kier alpha value is -8.50. The van der Waals surface area contributed by atoms with Crippen LogP contribution in [0.15, 0.2) is 119 Å². The van der Waals surface area contributed by atoms with E-state index in [-0.39, 0.29) is 97.7 Å². The molecule has 2 amide bonds. The number of carboxylic acids is 1. The Morgan fingerprint density at radius 2 is 0.926 bits per heavy atom. The number of carboxylic acid groups (broad SMARTS) is 1. The summed E-state index contributed by atoms with van der Waals surface area (Å²) in [4.78, 5) is 168. The van der Waals surface area contributed by atoms with E-state index in [1.165, 1.54) is 67.6 Å². The number of aromatic amines is 2. The van der Waals surface area contributed by atoms with Crippen molar-refractivity contribution in [3.05, 3.63) is 191 Å². The van der Waals surface area contributed by atoms with Crippen LogP contribution in [0.5, 0.6) is 0 Å². The average molecular weight is 2250 g/mol. The molecule has 1 radical (unpaired) electrons. The van der Waals surface area contributed by atoms with Crippen molar-refractivity contribution < 1.29 is 118 Å². The molecule has 2 unspecified atom stereocenters. The first-order valence-electron chi connectivity index (χ1n) is 49.1. The molecule has 5 fully saturated rings. The number of aryl methyl sites for hydroxylation is 1. The number of hydrogen-bond acceptors (Lipinski definition) is 32. The van der Waals surface area contributed by atoms with Crippen molar-refractivity contribution in [3.8, 4) is 11.1 Å². The average Bonchev–Trinajstić information content (AvgIpc) is 1.77. The third-order valence-corrected chi connectivity index (χ3v) is 34.5. The van der Waals surface area contributed by atoms with Gasteiger partial charge in [-0.2, -0.15) is 0 Å². The van der Waals surface area contributed by atoms with Crippen molar-refractivity contribution in [1.82, 2.24) is 52.9 Å². The molecule has 149 heavy (non-hydrogen) atoms. The third-order valence-electron chi connectivity index (χ3n) is 26.5. The predicted molar refractivity (Wildman–Crippen MR) is 583 cm³/mol. The molecule has 48 heteroatoms. The number of Topliss-reactive ketones (excluding diaryl/α,β-unsaturated/α-hetero) is 2. The van der Waals surface area contributed by atoms with E-state index < -0.39 is 221 Å². The van der Waals surface area contributed by atoms with Crippen LogP contribution in [0.3, 0.4) is 0 Å². The van der Waals surface area contributed by atoms with Crippen LogP contribution in [0.2, 0.25) is 0 Å². The number of hydrogen-bond donors (Lipinski definition) is 13. The maximum absolute atomic E-state index is 12.9. The SMILES string of the molecule is C=P(C)(C)CC[C@H]1O[C@@H](C2=CN(C)C(=O)N(CCC(C)C(=O)OC(=O)OCC3c4ccccc4-c4ccccc43)C2)[C@H](O)[C@@H]1O.C=P(C)(C)CC[C@H]1O[C@@H](c2cn(C)c(=O)n(CCC(C)C(=O)O)c2=O)[C@H](O)[C@@H]1O.C=P(C)(C)CC[C@H]1O[C@@H](n2cc(CC(C)=O)c(=O)[nH]c2=O)[C@H](O)[C@@H]1O.C=P(C)(C)CC[C@H]1O[C@@H](n2cc(CC(C)=O)c(=O)[nH]c2=O)[C@H](OC)[C@@H]1O.C=P(C)(C)CC[C@H]1O[C@@H](n2cc(CNC)c(=O)nc2[Se])[C@H](O)[C@@H]1O. The van der Waals surface area contributed by atoms with Gasteiger partial charge in [-0.25, -0.2) is 24.0 Å². The van der Waals surface area contributed by atoms with Gasteiger partial charge in [-0.3, -0.25) is 57.2 Å². The molecule has 42 nitrogen and oxygen atoms in total. The van der Waals surface area contributed by atoms with E-state index in [4.69, 9.17) is 43.0 Å². The number of amides is 2. The number of rotatable bonds is 37. The van der Waals surface area contributed by atoms with Gasteiger partial charge in [0.1, 0.15) is 79.2 Å². The topological polar surface area (TPSA) is 586 Å². The normalized spacial score (nSPS) is 25.7. The number of carbonyl (C=O) groups is 6. The van der Waals surface area contributed by atoms with Gasteiger partial charge in [-0.15, -0.1) is 52.7 Å². The number of fused-ring (bicyclic) bond motifs is 3. The summed E-state index contributed by atoms with van der Waals surface area (Å²) < 4.78 is 51.4. The Labute approximate surface area is 874 Å². The first-order valence-corrected chi connectivity index (χ1v) is 65.2. The number of carbonyl (C=O) groups excluding carboxylic acids is 5. The van der Waals surface area contributed by atoms with Crippen LogP contribution in [0.4, 0.5) is 9.59 Å². The summed E-state index contributed by atoms with van der Waals surface area (Å²) in [5.41, 5.74) is 1.51. The van der Waals surface area contributed by atoms with Gasteiger partial charge in [-0.05, 0) is 158 Å². The summed E-state index contributed by atoms with van der Waals surface area (Å²) in [5.74, 6) is -3.74. The van der Waals surface area contributed by atoms with Crippen molar-refractivity contribution in [2.45, 2.75) is 227 Å². The van der Waals surface area contributed by atoms with Crippen LogP contribution in [0.25, 0.3) is 11.1 Å². The zero-order valence-electron chi connectivity index (χ0n) is 88.0. The number of aliphatic carboxylic acids is 1. The van der Waals surface area contributed by atoms with E-state index in [2.05, 4.69) is 134 Å². The van der Waals surface area contributed by atoms with Gasteiger partial charge < -0.3 is 88.4 Å². The molecule has 6 aliphatic heterocycles. The van der Waals surface area contributed by atoms with E-state index >= 15 is 0 Å². The van der Waals surface area contributed by atoms with Crippen LogP contribution in [-0.4, -0.2) is 418 Å². The monoisotopic (exact) mass is 2250 g/mol. The number of ketones is 2. The van der Waals surface area contributed by atoms with Crippen LogP contribution in [0, 0.1) is 11.8 Å². The number of ether oxygens (including phenoxy) is 8. The number of nitrogens with zero attached hydrogens (tertiary/aromatic N) is 8. The van der Waals surface area contributed by atoms with Crippen LogP contribution < -0.4 is 49.3 Å². The second-order valence-electron chi connectivity index (χ2n) is 42.8. The van der Waals surface area contributed by atoms with Crippen molar-refractivity contribution in [3.63, 3.8) is 0 Å². The molecule has 4 aromatic heterocycles. The number of nitrogens with one attached hydrogen (secondary N) is 3. The number of H-pyrrole nitrogens is 2. The maximum atomic E-state index is 12.9. The van der Waals surface area contributed by atoms with E-state index in [0.717, 1.165) is 62.2 Å². The van der Waals surface area contributed by atoms with Gasteiger partial charge in [0, 0.05) is 95.5 Å². The minimum absolute atomic E-state index is 0.0392. The van der Waals surface area contributed by atoms with E-state index in [9.17, 15) is 108 Å². The Kier molecular flexibility index (Phi) is 44.2. The van der Waals surface area contributed by atoms with Gasteiger partial charge in [0.2, 0.25) is 0 Å². The summed E-state index contributed by atoms with van der Waals surface area (Å²) in [5, 5.41) is 106. The Morgan fingerprint density at radius 3 is 1.37 bits per heavy atom. The Balaban J connectivity index is 0.000000212. The summed E-state index contributed by atoms with van der Waals surface area (Å²) >= 11 is 2.72. The molecule has 22 atom stereocenters. The molecule has 6 aromatic rings. The summed E-state index contributed by atoms with van der Waals surface area (Å²) in [6.45, 7) is 20.9. The zero-order valence-corrected chi connectivity index (χ0v) is 94.2. The van der Waals surface area contributed by atoms with E-state index in [1.807, 2.05) is 48.5 Å². The zero-order chi connectivity index (χ0) is 111. The number of urea groups is 1. The number of aromatic nitrogens is 8. The standard InChI is InChI=1S/C34H43N2O8P.C19H31N2O7P.C17H27N2O6P.C16H25N2O6P.C15H25N3O4PSe/c1-21(32(39)44-34(41)42-20-27-25-12-8-6-10-23(25)24-11-7-9-13-26(24)27)14-16-36-19-22(18-35(2)33(36)40)31-30(38)29(37)28(43-31)15-17-45(3,4)5;1-11(18(25)26)6-8-21-17(24)12(10-20(2)19(21)27)16-15(23)14(22)13(28-16)7-9-29(3,4)5;1-10(20)8-11-9-19(17(23)18-15(11)22)16-14(24-2)13(21)12(25-16)6-7-26(3,4)5;1-9(19)7-10-8-18(16(23)17-14(10)22)15-13(21)12(20)11(24-15)5-6-25(2,3)4;1-16-7-9-8-18(15(24)17-13(9)21)14-12(20)11(19)10(22-14)5-6-23(2,3)4/h6-13,18,21,27-31,37-38H,3,14-17,19-20H2,1-2,4-5H3;10-11,13-16,22-23H,3,6-9H2,1-2,4-5H3,(H,25,26);9,12-14,16,21H,3,6-8H2,1-2,4-5H3,(H,18,22,23);8,11-13,15,20-21H,2,5-7H2,1,3-4H3,(H,17,22,23);8,10-12,14,16,19-20H,2,5-7H2,1,3-4H3/t21?,28-,29-,30-,31+;11?,13-,14-,15-,16+;12-,13-,14-,16-;11-,12-,13-,15-;10-,11-,12-,14-/m11111/s1. The van der Waals surface area contributed by atoms with Crippen molar-refractivity contribution >= 4 is 122 Å². The van der Waals surface area contributed by atoms with Gasteiger partial charge in [0.15, 0.2) is 12.5 Å². The fourth-order valence-corrected chi connectivity index (χ4v) is 23.3. The molecule has 13 rings (SSSR count). The number of aliphatic hydroxyl groups excluding tert-OH is 9. The first kappa shape index (κ1) is 124. The van der Waals surface area contributed by atoms with Gasteiger partial charge in [0.25, 0.3) is 16.7 Å². The van der Waals surface area contributed by atoms with Crippen molar-refractivity contribution in [1.29, 1.82) is 0 Å². The second-order valence-corrected chi connectivity index (χ2v) is 65.2. The summed E-state index contributed by atoms with van der Waals surface area (Å²) in [6, 6.07) is 15.7. The predicted octanol–water partition coefficient (Wildman–Crippen LogP) is 2.17. The number of benzene rings is 2. The van der Waals surface area contributed by atoms with E-state index in [0.29, 0.717) is 54.5 Å². The molecule has 10 heterocycles. The van der Waals surface area contributed by atoms with Crippen molar-refractivity contribution in [2.75, 3.05) is 138 Å². The Bertz CT molecular complexity index is 6460. The van der Waals surface area contributed by atoms with Crippen molar-refractivity contribution in [2.24, 2.45) is 18.9 Å². The molecule has 7 aliphatic rings. The molecule has 5 saturated heterocycles. The van der Waals surface area contributed by atoms with Crippen LogP contribution in [-0.2, 0) is 90.1 Å². The minimum atomic E-state index is -1.35. The molecule has 2 aromatic carbocycles. The fraction of sp³-hybridized carbons (Fsp3) is 0.594. The Morgan fingerprint density at radius 1 is 0.523 bits per heavy atom. The molecule has 13 N–H and O–H groups in total. The molecular formula is C101H151N11O31P5Se. The number of methoxy groups -OCH3 is 1. The van der Waals surface area contributed by atoms with Gasteiger partial charge in [-0.1, -0.05) is 62.4 Å². The molecule has 0 bridgehead atoms. The fourth-order valence-electron chi connectivity index (χ4n) is 18.0. The molecule has 827 valence electrons. The quantitative estimate of drug-likeness (QED) is 0.0115. The summed E-state index contributed by atoms with van der Waals surface area (Å²) in [7, 11) is 6.24. The molecular weight excluding hydrogens is 2100 g/mol. The van der Waals surface area contributed by atoms with Crippen LogP contribution >= 0.6 is 34.4 Å². The van der Waals surface area contributed by atoms with Gasteiger partial charge >= 0.3 is 191 Å². The van der Waals surface area contributed by atoms with Crippen LogP contribution in [0.1, 0.15) is 137 Å². The number of esters is 1.